The molecular weight excluding hydrogens is 576 g/mol. The Morgan fingerprint density at radius 2 is 1.72 bits per heavy atom. The molecule has 0 aliphatic rings. The van der Waals surface area contributed by atoms with Crippen molar-refractivity contribution in [2.45, 2.75) is 18.7 Å². The molecule has 0 heterocycles. The first-order chi connectivity index (χ1) is 18.0. The summed E-state index contributed by atoms with van der Waals surface area (Å²) in [5.74, 6) is -1.25. The molecule has 1 amide bonds. The van der Waals surface area contributed by atoms with Crippen molar-refractivity contribution < 1.29 is 57.2 Å². The van der Waals surface area contributed by atoms with Gasteiger partial charge in [0.25, 0.3) is 16.0 Å². The maximum absolute atomic E-state index is 13.5. The van der Waals surface area contributed by atoms with Crippen LogP contribution in [0, 0.1) is 6.92 Å². The number of amides is 1. The molecule has 0 saturated carbocycles. The Balaban J connectivity index is 0.00000420. The summed E-state index contributed by atoms with van der Waals surface area (Å²) < 4.78 is 39.0. The molecule has 0 unspecified atom stereocenters. The van der Waals surface area contributed by atoms with Gasteiger partial charge in [0, 0.05) is 10.9 Å². The molecule has 39 heavy (non-hydrogen) atoms. The summed E-state index contributed by atoms with van der Waals surface area (Å²) in [7, 11) is -4.71. The predicted octanol–water partition coefficient (Wildman–Crippen LogP) is 3.85. The molecule has 0 atom stereocenters. The van der Waals surface area contributed by atoms with E-state index in [4.69, 9.17) is 27.9 Å². The molecule has 0 fully saturated rings. The maximum atomic E-state index is 13.5. The smallest absolute Gasteiger partial charge is 0.870 e. The number of nitrogens with zero attached hydrogens (tertiary/aromatic N) is 2. The van der Waals surface area contributed by atoms with Crippen molar-refractivity contribution in [1.82, 2.24) is 0 Å². The van der Waals surface area contributed by atoms with Crippen molar-refractivity contribution in [2.75, 3.05) is 11.9 Å². The van der Waals surface area contributed by atoms with Crippen LogP contribution in [-0.4, -0.2) is 25.5 Å². The molecule has 0 bridgehead atoms. The topological polar surface area (TPSA) is 140 Å². The third-order valence-corrected chi connectivity index (χ3v) is 6.88. The number of anilines is 1. The Bertz CT molecular complexity index is 1710. The van der Waals surface area contributed by atoms with Gasteiger partial charge in [0.1, 0.15) is 10.6 Å². The van der Waals surface area contributed by atoms with Gasteiger partial charge in [0.2, 0.25) is 0 Å². The summed E-state index contributed by atoms with van der Waals surface area (Å²) in [5, 5.41) is 25.1. The van der Waals surface area contributed by atoms with E-state index in [1.165, 1.54) is 18.2 Å². The Hall–Kier alpha value is -2.70. The van der Waals surface area contributed by atoms with E-state index in [1.54, 1.807) is 56.3 Å². The number of para-hydroxylation sites is 1. The van der Waals surface area contributed by atoms with E-state index in [0.29, 0.717) is 22.9 Å². The summed E-state index contributed by atoms with van der Waals surface area (Å²) in [6.45, 7) is 3.65. The molecule has 196 valence electrons. The van der Waals surface area contributed by atoms with Crippen molar-refractivity contribution in [3.8, 4) is 11.5 Å². The number of aryl methyl sites for hydroxylation is 1. The van der Waals surface area contributed by atoms with Gasteiger partial charge in [0.05, 0.1) is 28.0 Å². The van der Waals surface area contributed by atoms with Crippen LogP contribution in [0.2, 0.25) is 10.0 Å². The van der Waals surface area contributed by atoms with Gasteiger partial charge in [-0.1, -0.05) is 59.3 Å². The van der Waals surface area contributed by atoms with Crippen LogP contribution in [0.25, 0.3) is 10.8 Å². The molecule has 0 aliphatic heterocycles. The molecule has 0 saturated heterocycles. The quantitative estimate of drug-likeness (QED) is 0.189. The van der Waals surface area contributed by atoms with E-state index in [2.05, 4.69) is 15.5 Å². The molecule has 4 aromatic carbocycles. The average molecular weight is 596 g/mol. The molecular formula is C26H20Cl2N3NaO6S. The first-order valence-electron chi connectivity index (χ1n) is 11.2. The zero-order valence-electron chi connectivity index (χ0n) is 21.0. The number of halogens is 2. The molecule has 4 aromatic rings. The number of carbonyl (C=O) groups is 1. The van der Waals surface area contributed by atoms with Gasteiger partial charge in [-0.2, -0.15) is 13.5 Å². The third-order valence-electron chi connectivity index (χ3n) is 5.42. The van der Waals surface area contributed by atoms with Crippen LogP contribution in [0.1, 0.15) is 22.8 Å². The predicted molar refractivity (Wildman–Crippen MR) is 144 cm³/mol. The van der Waals surface area contributed by atoms with Gasteiger partial charge in [-0.3, -0.25) is 9.35 Å². The van der Waals surface area contributed by atoms with E-state index >= 15 is 0 Å². The minimum absolute atomic E-state index is 0. The second kappa shape index (κ2) is 12.6. The van der Waals surface area contributed by atoms with Crippen molar-refractivity contribution >= 4 is 67.1 Å². The van der Waals surface area contributed by atoms with Gasteiger partial charge >= 0.3 is 29.6 Å². The van der Waals surface area contributed by atoms with E-state index in [-0.39, 0.29) is 68.0 Å². The molecule has 13 heteroatoms. The number of fused-ring (bicyclic) bond motifs is 1. The van der Waals surface area contributed by atoms with Crippen LogP contribution in [0.15, 0.2) is 75.8 Å². The molecule has 4 rings (SSSR count). The van der Waals surface area contributed by atoms with Crippen LogP contribution in [-0.2, 0) is 10.1 Å². The second-order valence-electron chi connectivity index (χ2n) is 8.10. The van der Waals surface area contributed by atoms with Crippen molar-refractivity contribution in [3.63, 3.8) is 0 Å². The van der Waals surface area contributed by atoms with Crippen LogP contribution in [0.4, 0.5) is 17.1 Å². The van der Waals surface area contributed by atoms with Gasteiger partial charge < -0.3 is 15.2 Å². The minimum Gasteiger partial charge on any atom is -0.870 e. The SMILES string of the molecule is CCOc1c(Cl)cccc1NC(=O)c1cc2ccccc2c(N=Nc2c(Cl)cc(C)cc2S(=O)(=O)O)c1[O-].[Na+]. The summed E-state index contributed by atoms with van der Waals surface area (Å²) in [5.41, 5.74) is -0.0854. The molecule has 2 N–H and O–H groups in total. The fourth-order valence-electron chi connectivity index (χ4n) is 3.76. The van der Waals surface area contributed by atoms with Crippen molar-refractivity contribution in [2.24, 2.45) is 10.2 Å². The number of benzene rings is 4. The van der Waals surface area contributed by atoms with Gasteiger partial charge in [-0.15, -0.1) is 5.11 Å². The average Bonchev–Trinajstić information content (AvgIpc) is 2.85. The zero-order valence-corrected chi connectivity index (χ0v) is 25.4. The molecule has 0 aromatic heterocycles. The number of rotatable bonds is 7. The summed E-state index contributed by atoms with van der Waals surface area (Å²) in [4.78, 5) is 12.7. The van der Waals surface area contributed by atoms with Crippen molar-refractivity contribution in [1.29, 1.82) is 0 Å². The Morgan fingerprint density at radius 3 is 2.41 bits per heavy atom. The second-order valence-corrected chi connectivity index (χ2v) is 10.3. The number of hydrogen-bond donors (Lipinski definition) is 2. The van der Waals surface area contributed by atoms with Gasteiger partial charge in [-0.25, -0.2) is 0 Å². The van der Waals surface area contributed by atoms with E-state index in [9.17, 15) is 22.9 Å². The minimum atomic E-state index is -4.71. The van der Waals surface area contributed by atoms with E-state index in [0.717, 1.165) is 0 Å². The molecule has 9 nitrogen and oxygen atoms in total. The number of ether oxygens (including phenoxy) is 1. The van der Waals surface area contributed by atoms with Crippen LogP contribution in [0.3, 0.4) is 0 Å². The standard InChI is InChI=1S/C26H21Cl2N3O6S.Na/c1-3-37-25-18(27)9-6-10-20(25)29-26(33)17-13-15-7-4-5-8-16(15)22(24(17)32)30-31-23-19(28)11-14(2)12-21(23)38(34,35)36;/h4-13,32H,3H2,1-2H3,(H,29,33)(H,34,35,36);/q;+1/p-1. The third kappa shape index (κ3) is 6.72. The number of azo groups is 1. The molecule has 0 radical (unpaired) electrons. The Morgan fingerprint density at radius 1 is 1.03 bits per heavy atom. The van der Waals surface area contributed by atoms with Crippen LogP contribution >= 0.6 is 23.2 Å². The fraction of sp³-hybridized carbons (Fsp3) is 0.115. The number of nitrogens with one attached hydrogen (secondary N) is 1. The fourth-order valence-corrected chi connectivity index (χ4v) is 5.09. The summed E-state index contributed by atoms with van der Waals surface area (Å²) in [6.07, 6.45) is 0. The monoisotopic (exact) mass is 595 g/mol. The van der Waals surface area contributed by atoms with Crippen LogP contribution in [0.5, 0.6) is 11.5 Å². The first-order valence-corrected chi connectivity index (χ1v) is 13.4. The van der Waals surface area contributed by atoms with Gasteiger partial charge in [0.15, 0.2) is 5.75 Å². The summed E-state index contributed by atoms with van der Waals surface area (Å²) in [6, 6.07) is 15.5. The normalized spacial score (nSPS) is 11.4. The maximum Gasteiger partial charge on any atom is 1.00 e. The summed E-state index contributed by atoms with van der Waals surface area (Å²) >= 11 is 12.4. The largest absolute Gasteiger partial charge is 1.00 e. The van der Waals surface area contributed by atoms with Gasteiger partial charge in [-0.05, 0) is 55.1 Å². The van der Waals surface area contributed by atoms with Crippen molar-refractivity contribution in [3.05, 3.63) is 81.8 Å². The Kier molecular flexibility index (Phi) is 10.0. The molecule has 0 spiro atoms. The zero-order chi connectivity index (χ0) is 27.6. The number of hydrogen-bond acceptors (Lipinski definition) is 7. The van der Waals surface area contributed by atoms with E-state index in [1.807, 2.05) is 0 Å². The van der Waals surface area contributed by atoms with E-state index < -0.39 is 26.7 Å². The first kappa shape index (κ1) is 30.8. The molecule has 0 aliphatic carbocycles. The van der Waals surface area contributed by atoms with Crippen LogP contribution < -0.4 is 44.7 Å². The number of carbonyl (C=O) groups excluding carboxylic acids is 1. The Labute approximate surface area is 256 Å².